The van der Waals surface area contributed by atoms with Crippen molar-refractivity contribution < 1.29 is 18.8 Å². The van der Waals surface area contributed by atoms with Crippen LogP contribution in [0.3, 0.4) is 0 Å². The second kappa shape index (κ2) is 6.17. The summed E-state index contributed by atoms with van der Waals surface area (Å²) in [6.07, 6.45) is -0.341. The molecule has 0 atom stereocenters. The quantitative estimate of drug-likeness (QED) is 0.780. The fourth-order valence-electron chi connectivity index (χ4n) is 3.06. The van der Waals surface area contributed by atoms with Crippen molar-refractivity contribution in [2.75, 3.05) is 23.3 Å². The maximum Gasteiger partial charge on any atom is 0.497 e. The molecule has 0 aromatic heterocycles. The highest BCUT2D eigenvalue weighted by molar-refractivity contribution is 6.64. The minimum absolute atomic E-state index is 0.341. The lowest BCUT2D eigenvalue weighted by molar-refractivity contribution is 0.00578. The van der Waals surface area contributed by atoms with Gasteiger partial charge in [-0.3, -0.25) is 4.90 Å². The predicted molar refractivity (Wildman–Crippen MR) is 104 cm³/mol. The molecule has 1 aromatic carbocycles. The molecule has 2 aliphatic heterocycles. The number of hydrogen-bond acceptors (Lipinski definition) is 5. The Morgan fingerprint density at radius 3 is 2.38 bits per heavy atom. The number of carbonyl (C=O) groups is 1. The van der Waals surface area contributed by atoms with E-state index in [0.29, 0.717) is 13.1 Å². The van der Waals surface area contributed by atoms with Gasteiger partial charge in [-0.2, -0.15) is 0 Å². The topological polar surface area (TPSA) is 60.0 Å². The lowest BCUT2D eigenvalue weighted by Gasteiger charge is -2.33. The Labute approximate surface area is 156 Å². The van der Waals surface area contributed by atoms with E-state index in [1.807, 2.05) is 66.7 Å². The molecule has 0 spiro atoms. The lowest BCUT2D eigenvalue weighted by Crippen LogP contribution is -2.45. The summed E-state index contributed by atoms with van der Waals surface area (Å²) in [6, 6.07) is 5.82. The Morgan fingerprint density at radius 1 is 1.19 bits per heavy atom. The minimum atomic E-state index is -0.536. The van der Waals surface area contributed by atoms with Gasteiger partial charge < -0.3 is 19.4 Å². The smallest absolute Gasteiger partial charge is 0.443 e. The maximum absolute atomic E-state index is 12.6. The summed E-state index contributed by atoms with van der Waals surface area (Å²) in [5.74, 6) is 0. The number of para-hydroxylation sites is 1. The van der Waals surface area contributed by atoms with E-state index in [4.69, 9.17) is 14.0 Å². The van der Waals surface area contributed by atoms with Crippen molar-refractivity contribution >= 4 is 30.0 Å². The zero-order valence-corrected chi connectivity index (χ0v) is 16.8. The van der Waals surface area contributed by atoms with Gasteiger partial charge in [0.2, 0.25) is 0 Å². The molecule has 142 valence electrons. The molecule has 6 nitrogen and oxygen atoms in total. The molecule has 2 heterocycles. The van der Waals surface area contributed by atoms with Crippen LogP contribution in [0.4, 0.5) is 16.2 Å². The summed E-state index contributed by atoms with van der Waals surface area (Å²) < 4.78 is 18.0. The number of ether oxygens (including phenoxy) is 1. The van der Waals surface area contributed by atoms with Crippen molar-refractivity contribution in [1.29, 1.82) is 0 Å². The second-order valence-electron chi connectivity index (χ2n) is 8.89. The molecular formula is C19H29BN2O4. The fourth-order valence-corrected chi connectivity index (χ4v) is 3.06. The first-order valence-corrected chi connectivity index (χ1v) is 9.14. The number of rotatable bonds is 1. The van der Waals surface area contributed by atoms with Gasteiger partial charge in [0.05, 0.1) is 22.6 Å². The number of carbonyl (C=O) groups excluding carboxylic acids is 1. The molecule has 0 bridgehead atoms. The summed E-state index contributed by atoms with van der Waals surface area (Å²) >= 11 is 0. The Hall–Kier alpha value is -1.73. The van der Waals surface area contributed by atoms with Crippen molar-refractivity contribution in [3.63, 3.8) is 0 Å². The predicted octanol–water partition coefficient (Wildman–Crippen LogP) is 3.15. The summed E-state index contributed by atoms with van der Waals surface area (Å²) in [6.45, 7) is 14.9. The lowest BCUT2D eigenvalue weighted by atomic mass is 9.77. The van der Waals surface area contributed by atoms with Gasteiger partial charge in [0.25, 0.3) is 0 Å². The Kier molecular flexibility index (Phi) is 4.52. The van der Waals surface area contributed by atoms with Gasteiger partial charge in [-0.15, -0.1) is 0 Å². The summed E-state index contributed by atoms with van der Waals surface area (Å²) in [5.41, 5.74) is 1.18. The van der Waals surface area contributed by atoms with Crippen molar-refractivity contribution in [1.82, 2.24) is 0 Å². The molecule has 1 amide bonds. The number of hydrogen-bond donors (Lipinski definition) is 1. The molecule has 0 aliphatic carbocycles. The molecule has 0 unspecified atom stereocenters. The first-order chi connectivity index (χ1) is 11.9. The van der Waals surface area contributed by atoms with E-state index in [9.17, 15) is 4.79 Å². The number of amides is 1. The van der Waals surface area contributed by atoms with Gasteiger partial charge in [0.1, 0.15) is 5.60 Å². The summed E-state index contributed by atoms with van der Waals surface area (Å²) in [7, 11) is -0.485. The van der Waals surface area contributed by atoms with E-state index < -0.39 is 23.9 Å². The molecule has 26 heavy (non-hydrogen) atoms. The van der Waals surface area contributed by atoms with Crippen molar-refractivity contribution in [2.45, 2.75) is 65.3 Å². The maximum atomic E-state index is 12.6. The van der Waals surface area contributed by atoms with Crippen LogP contribution in [-0.2, 0) is 14.0 Å². The van der Waals surface area contributed by atoms with E-state index in [2.05, 4.69) is 5.32 Å². The molecule has 1 aromatic rings. The highest BCUT2D eigenvalue weighted by atomic mass is 16.7. The van der Waals surface area contributed by atoms with Crippen molar-refractivity contribution in [2.24, 2.45) is 0 Å². The van der Waals surface area contributed by atoms with Crippen molar-refractivity contribution in [3.05, 3.63) is 18.2 Å². The number of fused-ring (bicyclic) bond motifs is 1. The number of benzene rings is 1. The van der Waals surface area contributed by atoms with Crippen LogP contribution >= 0.6 is 0 Å². The van der Waals surface area contributed by atoms with Crippen molar-refractivity contribution in [3.8, 4) is 0 Å². The largest absolute Gasteiger partial charge is 0.497 e. The second-order valence-corrected chi connectivity index (χ2v) is 8.89. The first-order valence-electron chi connectivity index (χ1n) is 9.14. The van der Waals surface area contributed by atoms with Crippen LogP contribution in [-0.4, -0.2) is 43.1 Å². The van der Waals surface area contributed by atoms with Gasteiger partial charge >= 0.3 is 13.2 Å². The van der Waals surface area contributed by atoms with Crippen LogP contribution in [0.5, 0.6) is 0 Å². The third kappa shape index (κ3) is 3.42. The van der Waals surface area contributed by atoms with Gasteiger partial charge in [-0.25, -0.2) is 4.79 Å². The van der Waals surface area contributed by atoms with Crippen LogP contribution < -0.4 is 15.7 Å². The number of nitrogens with zero attached hydrogens (tertiary/aromatic N) is 1. The van der Waals surface area contributed by atoms with E-state index in [1.165, 1.54) is 0 Å². The van der Waals surface area contributed by atoms with Crippen LogP contribution in [0.15, 0.2) is 18.2 Å². The van der Waals surface area contributed by atoms with E-state index in [-0.39, 0.29) is 6.09 Å². The zero-order chi connectivity index (χ0) is 19.3. The first kappa shape index (κ1) is 19.0. The summed E-state index contributed by atoms with van der Waals surface area (Å²) in [4.78, 5) is 14.3. The van der Waals surface area contributed by atoms with Gasteiger partial charge in [0, 0.05) is 18.6 Å². The van der Waals surface area contributed by atoms with E-state index in [1.54, 1.807) is 4.90 Å². The molecular weight excluding hydrogens is 331 g/mol. The van der Waals surface area contributed by atoms with Gasteiger partial charge in [-0.1, -0.05) is 12.1 Å². The molecule has 0 radical (unpaired) electrons. The SMILES string of the molecule is CC(C)(C)OC(=O)N1CCNc2c(B3OC(C)(C)C(C)(C)O3)cccc21. The van der Waals surface area contributed by atoms with Crippen LogP contribution in [0.2, 0.25) is 0 Å². The molecule has 7 heteroatoms. The van der Waals surface area contributed by atoms with Crippen LogP contribution in [0, 0.1) is 0 Å². The highest BCUT2D eigenvalue weighted by Gasteiger charge is 2.52. The Morgan fingerprint density at radius 2 is 1.81 bits per heavy atom. The number of nitrogens with one attached hydrogen (secondary N) is 1. The molecule has 0 saturated carbocycles. The highest BCUT2D eigenvalue weighted by Crippen LogP contribution is 2.38. The van der Waals surface area contributed by atoms with Crippen LogP contribution in [0.1, 0.15) is 48.5 Å². The van der Waals surface area contributed by atoms with Gasteiger partial charge in [0.15, 0.2) is 0 Å². The monoisotopic (exact) mass is 360 g/mol. The standard InChI is InChI=1S/C19H29BN2O4/c1-17(2,3)24-16(23)22-12-11-21-15-13(9-8-10-14(15)22)20-25-18(4,5)19(6,7)26-20/h8-10,21H,11-12H2,1-7H3. The normalized spacial score (nSPS) is 21.2. The Bertz CT molecular complexity index is 696. The molecule has 1 fully saturated rings. The van der Waals surface area contributed by atoms with E-state index >= 15 is 0 Å². The number of anilines is 2. The third-order valence-electron chi connectivity index (χ3n) is 5.12. The molecule has 2 aliphatic rings. The van der Waals surface area contributed by atoms with E-state index in [0.717, 1.165) is 16.8 Å². The fraction of sp³-hybridized carbons (Fsp3) is 0.632. The Balaban J connectivity index is 1.93. The minimum Gasteiger partial charge on any atom is -0.443 e. The third-order valence-corrected chi connectivity index (χ3v) is 5.12. The average Bonchev–Trinajstić information content (AvgIpc) is 2.72. The van der Waals surface area contributed by atoms with Crippen LogP contribution in [0.25, 0.3) is 0 Å². The zero-order valence-electron chi connectivity index (χ0n) is 16.8. The summed E-state index contributed by atoms with van der Waals surface area (Å²) in [5, 5.41) is 3.40. The molecule has 3 rings (SSSR count). The molecule has 1 saturated heterocycles. The average molecular weight is 360 g/mol. The van der Waals surface area contributed by atoms with Gasteiger partial charge in [-0.05, 0) is 54.5 Å². The molecule has 1 N–H and O–H groups in total.